The van der Waals surface area contributed by atoms with Gasteiger partial charge in [-0.05, 0) is 55.3 Å². The molecule has 1 aliphatic heterocycles. The molecule has 0 atom stereocenters. The van der Waals surface area contributed by atoms with E-state index in [9.17, 15) is 13.2 Å². The van der Waals surface area contributed by atoms with Crippen molar-refractivity contribution >= 4 is 27.3 Å². The van der Waals surface area contributed by atoms with E-state index in [1.54, 1.807) is 38.4 Å². The largest absolute Gasteiger partial charge is 0.497 e. The Kier molecular flexibility index (Phi) is 6.63. The summed E-state index contributed by atoms with van der Waals surface area (Å²) in [5.74, 6) is 0.119. The average Bonchev–Trinajstić information content (AvgIpc) is 3.24. The highest BCUT2D eigenvalue weighted by Crippen LogP contribution is 2.26. The summed E-state index contributed by atoms with van der Waals surface area (Å²) in [5.41, 5.74) is 4.06. The summed E-state index contributed by atoms with van der Waals surface area (Å²) >= 11 is 0. The summed E-state index contributed by atoms with van der Waals surface area (Å²) in [6.07, 6.45) is 1.43. The Bertz CT molecular complexity index is 1290. The maximum atomic E-state index is 13.5. The highest BCUT2D eigenvalue weighted by Gasteiger charge is 2.34. The number of hydrogen-bond donors (Lipinski definition) is 1. The molecule has 1 N–H and O–H groups in total. The van der Waals surface area contributed by atoms with Gasteiger partial charge in [0.25, 0.3) is 15.9 Å². The zero-order valence-corrected chi connectivity index (χ0v) is 20.6. The summed E-state index contributed by atoms with van der Waals surface area (Å²) < 4.78 is 34.8. The van der Waals surface area contributed by atoms with Crippen LogP contribution in [0.3, 0.4) is 0 Å². The Hall–Kier alpha value is -3.37. The van der Waals surface area contributed by atoms with Crippen LogP contribution in [0.5, 0.6) is 5.75 Å². The summed E-state index contributed by atoms with van der Waals surface area (Å²) in [5, 5.41) is 6.65. The van der Waals surface area contributed by atoms with Crippen molar-refractivity contribution in [1.82, 2.24) is 14.1 Å². The first-order valence-electron chi connectivity index (χ1n) is 11.0. The number of sulfonamides is 1. The standard InChI is InChI=1S/C24H29N5O4S/c1-17-6-5-7-22(18(17)2)28-12-14-29(15-13-28)34(31,32)24-21(16-27(3)26-24)23(30)25-19-8-10-20(33-4)11-9-19/h5-11,16H,12-15H2,1-4H3,(H,25,30). The van der Waals surface area contributed by atoms with E-state index >= 15 is 0 Å². The van der Waals surface area contributed by atoms with E-state index in [0.717, 1.165) is 5.69 Å². The summed E-state index contributed by atoms with van der Waals surface area (Å²) in [6, 6.07) is 13.0. The van der Waals surface area contributed by atoms with Crippen LogP contribution >= 0.6 is 0 Å². The van der Waals surface area contributed by atoms with Gasteiger partial charge in [-0.1, -0.05) is 12.1 Å². The lowest BCUT2D eigenvalue weighted by Gasteiger charge is -2.36. The van der Waals surface area contributed by atoms with Crippen LogP contribution in [0.25, 0.3) is 0 Å². The number of methoxy groups -OCH3 is 1. The lowest BCUT2D eigenvalue weighted by atomic mass is 10.1. The number of amides is 1. The lowest BCUT2D eigenvalue weighted by molar-refractivity contribution is 0.102. The molecule has 9 nitrogen and oxygen atoms in total. The third-order valence-corrected chi connectivity index (χ3v) is 7.96. The molecule has 0 saturated carbocycles. The van der Waals surface area contributed by atoms with E-state index in [1.165, 1.54) is 26.3 Å². The molecule has 0 spiro atoms. The molecular weight excluding hydrogens is 454 g/mol. The van der Waals surface area contributed by atoms with E-state index in [-0.39, 0.29) is 10.6 Å². The van der Waals surface area contributed by atoms with E-state index in [0.29, 0.717) is 37.6 Å². The SMILES string of the molecule is COc1ccc(NC(=O)c2cn(C)nc2S(=O)(=O)N2CCN(c3cccc(C)c3C)CC2)cc1. The van der Waals surface area contributed by atoms with Gasteiger partial charge in [-0.25, -0.2) is 8.42 Å². The topological polar surface area (TPSA) is 96.8 Å². The predicted octanol–water partition coefficient (Wildman–Crippen LogP) is 2.81. The molecule has 1 saturated heterocycles. The molecule has 4 rings (SSSR count). The summed E-state index contributed by atoms with van der Waals surface area (Å²) in [4.78, 5) is 15.2. The second-order valence-electron chi connectivity index (χ2n) is 8.31. The van der Waals surface area contributed by atoms with Gasteiger partial charge in [0.05, 0.1) is 12.7 Å². The maximum Gasteiger partial charge on any atom is 0.263 e. The molecule has 34 heavy (non-hydrogen) atoms. The van der Waals surface area contributed by atoms with E-state index < -0.39 is 15.9 Å². The minimum absolute atomic E-state index is 0.00952. The van der Waals surface area contributed by atoms with Gasteiger partial charge in [0.15, 0.2) is 0 Å². The van der Waals surface area contributed by atoms with Crippen molar-refractivity contribution in [2.24, 2.45) is 7.05 Å². The zero-order chi connectivity index (χ0) is 24.5. The van der Waals surface area contributed by atoms with Crippen LogP contribution in [0.2, 0.25) is 0 Å². The maximum absolute atomic E-state index is 13.5. The molecule has 2 aromatic carbocycles. The third kappa shape index (κ3) is 4.64. The van der Waals surface area contributed by atoms with Gasteiger partial charge in [-0.15, -0.1) is 0 Å². The molecule has 1 fully saturated rings. The van der Waals surface area contributed by atoms with Gasteiger partial charge in [0.2, 0.25) is 5.03 Å². The van der Waals surface area contributed by atoms with Gasteiger partial charge in [-0.2, -0.15) is 9.40 Å². The molecule has 10 heteroatoms. The van der Waals surface area contributed by atoms with Gasteiger partial charge in [0, 0.05) is 50.8 Å². The number of carbonyl (C=O) groups excluding carboxylic acids is 1. The van der Waals surface area contributed by atoms with Crippen LogP contribution < -0.4 is 15.0 Å². The average molecular weight is 484 g/mol. The quantitative estimate of drug-likeness (QED) is 0.579. The number of piperazine rings is 1. The van der Waals surface area contributed by atoms with E-state index in [4.69, 9.17) is 4.74 Å². The fourth-order valence-corrected chi connectivity index (χ4v) is 5.60. The molecule has 2 heterocycles. The first kappa shape index (κ1) is 23.8. The molecule has 0 aliphatic carbocycles. The van der Waals surface area contributed by atoms with E-state index in [2.05, 4.69) is 41.3 Å². The van der Waals surface area contributed by atoms with Crippen LogP contribution in [0.4, 0.5) is 11.4 Å². The number of nitrogens with zero attached hydrogens (tertiary/aromatic N) is 4. The van der Waals surface area contributed by atoms with Gasteiger partial charge in [0.1, 0.15) is 5.75 Å². The number of benzene rings is 2. The Labute approximate surface area is 200 Å². The summed E-state index contributed by atoms with van der Waals surface area (Å²) in [7, 11) is -0.793. The van der Waals surface area contributed by atoms with Crippen LogP contribution in [0, 0.1) is 13.8 Å². The van der Waals surface area contributed by atoms with Crippen molar-refractivity contribution < 1.29 is 17.9 Å². The molecule has 0 radical (unpaired) electrons. The Morgan fingerprint density at radius 2 is 1.71 bits per heavy atom. The van der Waals surface area contributed by atoms with E-state index in [1.807, 2.05) is 6.07 Å². The van der Waals surface area contributed by atoms with Crippen molar-refractivity contribution in [3.63, 3.8) is 0 Å². The molecule has 1 aromatic heterocycles. The molecule has 0 unspecified atom stereocenters. The Morgan fingerprint density at radius 3 is 2.35 bits per heavy atom. The zero-order valence-electron chi connectivity index (χ0n) is 19.8. The normalized spacial score (nSPS) is 14.8. The van der Waals surface area contributed by atoms with Crippen LogP contribution in [0.15, 0.2) is 53.7 Å². The molecular formula is C24H29N5O4S. The Morgan fingerprint density at radius 1 is 1.03 bits per heavy atom. The van der Waals surface area contributed by atoms with Crippen molar-refractivity contribution in [2.45, 2.75) is 18.9 Å². The first-order valence-corrected chi connectivity index (χ1v) is 12.4. The van der Waals surface area contributed by atoms with Gasteiger partial charge in [-0.3, -0.25) is 9.48 Å². The van der Waals surface area contributed by atoms with Crippen LogP contribution in [0.1, 0.15) is 21.5 Å². The fourth-order valence-electron chi connectivity index (χ4n) is 4.06. The van der Waals surface area contributed by atoms with Gasteiger partial charge < -0.3 is 15.0 Å². The highest BCUT2D eigenvalue weighted by atomic mass is 32.2. The Balaban J connectivity index is 1.52. The number of anilines is 2. The monoisotopic (exact) mass is 483 g/mol. The smallest absolute Gasteiger partial charge is 0.263 e. The molecule has 1 amide bonds. The number of hydrogen-bond acceptors (Lipinski definition) is 6. The molecule has 1 aliphatic rings. The van der Waals surface area contributed by atoms with Crippen molar-refractivity contribution in [1.29, 1.82) is 0 Å². The number of aromatic nitrogens is 2. The number of aryl methyl sites for hydroxylation is 2. The molecule has 0 bridgehead atoms. The number of ether oxygens (including phenoxy) is 1. The third-order valence-electron chi connectivity index (χ3n) is 6.13. The summed E-state index contributed by atoms with van der Waals surface area (Å²) in [6.45, 7) is 5.89. The van der Waals surface area contributed by atoms with Gasteiger partial charge >= 0.3 is 0 Å². The minimum atomic E-state index is -3.95. The second kappa shape index (κ2) is 9.47. The van der Waals surface area contributed by atoms with Crippen molar-refractivity contribution in [2.75, 3.05) is 43.5 Å². The van der Waals surface area contributed by atoms with Crippen LogP contribution in [-0.4, -0.2) is 61.7 Å². The number of carbonyl (C=O) groups is 1. The minimum Gasteiger partial charge on any atom is -0.497 e. The lowest BCUT2D eigenvalue weighted by Crippen LogP contribution is -2.49. The first-order chi connectivity index (χ1) is 16.2. The molecule has 180 valence electrons. The fraction of sp³-hybridized carbons (Fsp3) is 0.333. The second-order valence-corrected chi connectivity index (χ2v) is 10.2. The van der Waals surface area contributed by atoms with Crippen molar-refractivity contribution in [3.8, 4) is 5.75 Å². The number of rotatable bonds is 6. The number of nitrogens with one attached hydrogen (secondary N) is 1. The van der Waals surface area contributed by atoms with Crippen LogP contribution in [-0.2, 0) is 17.1 Å². The highest BCUT2D eigenvalue weighted by molar-refractivity contribution is 7.89. The predicted molar refractivity (Wildman–Crippen MR) is 131 cm³/mol. The molecule has 3 aromatic rings. The van der Waals surface area contributed by atoms with Crippen molar-refractivity contribution in [3.05, 3.63) is 65.4 Å².